The van der Waals surface area contributed by atoms with E-state index >= 15 is 0 Å². The highest BCUT2D eigenvalue weighted by molar-refractivity contribution is 6.31. The fourth-order valence-corrected chi connectivity index (χ4v) is 4.09. The molecular formula is C25H23N3O4. The third-order valence-electron chi connectivity index (χ3n) is 5.80. The van der Waals surface area contributed by atoms with Gasteiger partial charge in [-0.3, -0.25) is 19.8 Å². The van der Waals surface area contributed by atoms with Gasteiger partial charge in [-0.15, -0.1) is 0 Å². The molecule has 162 valence electrons. The van der Waals surface area contributed by atoms with Gasteiger partial charge in [-0.2, -0.15) is 5.26 Å². The highest BCUT2D eigenvalue weighted by atomic mass is 16.5. The molecule has 0 radical (unpaired) electrons. The van der Waals surface area contributed by atoms with Crippen LogP contribution in [0.4, 0.5) is 4.79 Å². The number of imide groups is 2. The third-order valence-corrected chi connectivity index (χ3v) is 5.80. The monoisotopic (exact) mass is 429 g/mol. The zero-order valence-corrected chi connectivity index (χ0v) is 17.5. The lowest BCUT2D eigenvalue weighted by atomic mass is 9.93. The average Bonchev–Trinajstić information content (AvgIpc) is 2.82. The summed E-state index contributed by atoms with van der Waals surface area (Å²) in [5, 5.41) is 11.5. The molecule has 32 heavy (non-hydrogen) atoms. The molecule has 0 spiro atoms. The van der Waals surface area contributed by atoms with Crippen molar-refractivity contribution in [2.24, 2.45) is 0 Å². The molecule has 0 aromatic heterocycles. The molecule has 4 amide bonds. The first kappa shape index (κ1) is 21.3. The molecule has 1 aliphatic heterocycles. The average molecular weight is 429 g/mol. The van der Waals surface area contributed by atoms with E-state index in [1.165, 1.54) is 11.0 Å². The van der Waals surface area contributed by atoms with E-state index in [-0.39, 0.29) is 18.2 Å². The van der Waals surface area contributed by atoms with Crippen LogP contribution in [0.15, 0.2) is 54.1 Å². The topological polar surface area (TPSA) is 99.5 Å². The zero-order valence-electron chi connectivity index (χ0n) is 17.5. The number of ether oxygens (including phenoxy) is 1. The maximum Gasteiger partial charge on any atom is 0.331 e. The van der Waals surface area contributed by atoms with Crippen molar-refractivity contribution in [3.63, 3.8) is 0 Å². The summed E-state index contributed by atoms with van der Waals surface area (Å²) in [4.78, 5) is 38.8. The first-order valence-corrected chi connectivity index (χ1v) is 10.7. The Hall–Kier alpha value is -3.92. The van der Waals surface area contributed by atoms with Crippen LogP contribution < -0.4 is 10.1 Å². The number of urea groups is 1. The second kappa shape index (κ2) is 9.48. The summed E-state index contributed by atoms with van der Waals surface area (Å²) in [6.07, 6.45) is 6.06. The number of carbonyl (C=O) groups is 3. The Balaban J connectivity index is 1.47. The Kier molecular flexibility index (Phi) is 6.31. The summed E-state index contributed by atoms with van der Waals surface area (Å²) in [6.45, 7) is 0.253. The van der Waals surface area contributed by atoms with Gasteiger partial charge in [0, 0.05) is 11.6 Å². The Morgan fingerprint density at radius 3 is 2.47 bits per heavy atom. The minimum atomic E-state index is -0.680. The van der Waals surface area contributed by atoms with Crippen molar-refractivity contribution in [1.82, 2.24) is 10.2 Å². The van der Waals surface area contributed by atoms with E-state index in [0.29, 0.717) is 16.9 Å². The summed E-state index contributed by atoms with van der Waals surface area (Å²) in [5.41, 5.74) is 1.95. The van der Waals surface area contributed by atoms with Crippen LogP contribution in [-0.4, -0.2) is 28.8 Å². The van der Waals surface area contributed by atoms with Crippen LogP contribution in [0.1, 0.15) is 48.8 Å². The van der Waals surface area contributed by atoms with E-state index in [1.54, 1.807) is 36.4 Å². The van der Waals surface area contributed by atoms with Crippen molar-refractivity contribution in [1.29, 1.82) is 5.26 Å². The lowest BCUT2D eigenvalue weighted by molar-refractivity contribution is -0.132. The predicted octanol–water partition coefficient (Wildman–Crippen LogP) is 3.93. The fraction of sp³-hybridized carbons (Fsp3) is 0.280. The van der Waals surface area contributed by atoms with Crippen LogP contribution >= 0.6 is 0 Å². The number of nitrogens with one attached hydrogen (secondary N) is 1. The number of rotatable bonds is 5. The van der Waals surface area contributed by atoms with Gasteiger partial charge in [0.05, 0.1) is 11.6 Å². The fourth-order valence-electron chi connectivity index (χ4n) is 4.09. The number of nitriles is 1. The summed E-state index contributed by atoms with van der Waals surface area (Å²) < 4.78 is 5.76. The Morgan fingerprint density at radius 1 is 1.03 bits per heavy atom. The van der Waals surface area contributed by atoms with Crippen LogP contribution in [0, 0.1) is 11.3 Å². The molecule has 2 aromatic rings. The standard InChI is InChI=1S/C25H23N3O4/c26-15-18-6-4-5-7-19(18)16-32-21-12-10-17(11-13-21)14-22-23(29)27-25(31)28(24(22)30)20-8-2-1-3-9-20/h4-7,10-14,20H,1-3,8-9,16H2,(H,27,29,31). The van der Waals surface area contributed by atoms with E-state index in [2.05, 4.69) is 11.4 Å². The summed E-state index contributed by atoms with van der Waals surface area (Å²) in [7, 11) is 0. The molecule has 0 bridgehead atoms. The van der Waals surface area contributed by atoms with Crippen molar-refractivity contribution in [3.8, 4) is 11.8 Å². The maximum absolute atomic E-state index is 13.0. The lowest BCUT2D eigenvalue weighted by Crippen LogP contribution is -2.58. The summed E-state index contributed by atoms with van der Waals surface area (Å²) in [5.74, 6) is -0.627. The Bertz CT molecular complexity index is 1110. The van der Waals surface area contributed by atoms with Gasteiger partial charge in [0.25, 0.3) is 11.8 Å². The molecule has 0 atom stereocenters. The van der Waals surface area contributed by atoms with E-state index in [0.717, 1.165) is 37.7 Å². The molecule has 1 saturated carbocycles. The number of nitrogens with zero attached hydrogens (tertiary/aromatic N) is 2. The molecule has 1 saturated heterocycles. The molecule has 1 aliphatic carbocycles. The van der Waals surface area contributed by atoms with Crippen LogP contribution in [0.2, 0.25) is 0 Å². The number of barbiturate groups is 1. The van der Waals surface area contributed by atoms with Crippen molar-refractivity contribution in [2.45, 2.75) is 44.8 Å². The van der Waals surface area contributed by atoms with E-state index in [4.69, 9.17) is 4.74 Å². The van der Waals surface area contributed by atoms with Crippen LogP contribution in [0.25, 0.3) is 6.08 Å². The van der Waals surface area contributed by atoms with Crippen LogP contribution in [0.5, 0.6) is 5.75 Å². The quantitative estimate of drug-likeness (QED) is 0.573. The molecule has 4 rings (SSSR count). The molecular weight excluding hydrogens is 406 g/mol. The van der Waals surface area contributed by atoms with Gasteiger partial charge in [0.1, 0.15) is 17.9 Å². The van der Waals surface area contributed by atoms with Gasteiger partial charge < -0.3 is 4.74 Å². The smallest absolute Gasteiger partial charge is 0.331 e. The number of hydrogen-bond acceptors (Lipinski definition) is 5. The minimum absolute atomic E-state index is 0.0493. The number of carbonyl (C=O) groups excluding carboxylic acids is 3. The summed E-state index contributed by atoms with van der Waals surface area (Å²) in [6, 6.07) is 15.5. The summed E-state index contributed by atoms with van der Waals surface area (Å²) >= 11 is 0. The van der Waals surface area contributed by atoms with Gasteiger partial charge in [-0.05, 0) is 42.7 Å². The second-order valence-electron chi connectivity index (χ2n) is 7.91. The van der Waals surface area contributed by atoms with Gasteiger partial charge in [-0.1, -0.05) is 49.6 Å². The molecule has 2 fully saturated rings. The lowest BCUT2D eigenvalue weighted by Gasteiger charge is -2.35. The molecule has 0 unspecified atom stereocenters. The highest BCUT2D eigenvalue weighted by Crippen LogP contribution is 2.26. The highest BCUT2D eigenvalue weighted by Gasteiger charge is 2.40. The first-order valence-electron chi connectivity index (χ1n) is 10.7. The van der Waals surface area contributed by atoms with Crippen molar-refractivity contribution in [3.05, 3.63) is 70.8 Å². The predicted molar refractivity (Wildman–Crippen MR) is 117 cm³/mol. The number of hydrogen-bond donors (Lipinski definition) is 1. The van der Waals surface area contributed by atoms with E-state index in [9.17, 15) is 19.6 Å². The largest absolute Gasteiger partial charge is 0.489 e. The van der Waals surface area contributed by atoms with E-state index in [1.807, 2.05) is 12.1 Å². The first-order chi connectivity index (χ1) is 15.6. The normalized spacial score (nSPS) is 18.4. The molecule has 7 heteroatoms. The molecule has 1 N–H and O–H groups in total. The third kappa shape index (κ3) is 4.54. The molecule has 1 heterocycles. The van der Waals surface area contributed by atoms with Gasteiger partial charge >= 0.3 is 6.03 Å². The second-order valence-corrected chi connectivity index (χ2v) is 7.91. The van der Waals surface area contributed by atoms with Crippen molar-refractivity contribution in [2.75, 3.05) is 0 Å². The maximum atomic E-state index is 13.0. The molecule has 7 nitrogen and oxygen atoms in total. The Morgan fingerprint density at radius 2 is 1.75 bits per heavy atom. The van der Waals surface area contributed by atoms with Gasteiger partial charge in [0.2, 0.25) is 0 Å². The Labute approximate surface area is 186 Å². The van der Waals surface area contributed by atoms with Crippen molar-refractivity contribution >= 4 is 23.9 Å². The van der Waals surface area contributed by atoms with E-state index < -0.39 is 17.8 Å². The minimum Gasteiger partial charge on any atom is -0.489 e. The molecule has 2 aliphatic rings. The molecule has 2 aromatic carbocycles. The van der Waals surface area contributed by atoms with Gasteiger partial charge in [0.15, 0.2) is 0 Å². The van der Waals surface area contributed by atoms with Gasteiger partial charge in [-0.25, -0.2) is 4.79 Å². The SMILES string of the molecule is N#Cc1ccccc1COc1ccc(C=C2C(=O)NC(=O)N(C3CCCCC3)C2=O)cc1. The van der Waals surface area contributed by atoms with Crippen LogP contribution in [0.3, 0.4) is 0 Å². The zero-order chi connectivity index (χ0) is 22.5. The number of amides is 4. The van der Waals surface area contributed by atoms with Crippen LogP contribution in [-0.2, 0) is 16.2 Å². The number of benzene rings is 2. The van der Waals surface area contributed by atoms with Crippen molar-refractivity contribution < 1.29 is 19.1 Å².